The first kappa shape index (κ1) is 63.8. The Morgan fingerprint density at radius 3 is 1.50 bits per heavy atom. The fourth-order valence-corrected chi connectivity index (χ4v) is 11.6. The normalized spacial score (nSPS) is 14.9. The molecule has 2 heterocycles. The monoisotopic (exact) mass is 1040 g/mol. The summed E-state index contributed by atoms with van der Waals surface area (Å²) < 4.78 is 34.7. The maximum atomic E-state index is 14.5. The van der Waals surface area contributed by atoms with Gasteiger partial charge in [0.2, 0.25) is 11.8 Å². The highest BCUT2D eigenvalue weighted by atomic mass is 33.1. The van der Waals surface area contributed by atoms with Gasteiger partial charge in [0, 0.05) is 44.8 Å². The molecule has 70 heavy (non-hydrogen) atoms. The first-order valence-corrected chi connectivity index (χ1v) is 31.0. The van der Waals surface area contributed by atoms with Gasteiger partial charge in [-0.15, -0.1) is 0 Å². The third-order valence-electron chi connectivity index (χ3n) is 12.6. The maximum absolute atomic E-state index is 14.5. The summed E-state index contributed by atoms with van der Waals surface area (Å²) >= 11 is 0. The van der Waals surface area contributed by atoms with E-state index < -0.39 is 68.0 Å². The minimum absolute atomic E-state index is 0.000822. The number of phosphoric ester groups is 1. The maximum Gasteiger partial charge on any atom is 0.472 e. The van der Waals surface area contributed by atoms with Crippen LogP contribution in [-0.4, -0.2) is 81.7 Å². The van der Waals surface area contributed by atoms with Crippen LogP contribution >= 0.6 is 29.4 Å². The number of esters is 2. The van der Waals surface area contributed by atoms with Crippen molar-refractivity contribution in [1.82, 2.24) is 9.88 Å². The van der Waals surface area contributed by atoms with Gasteiger partial charge in [-0.1, -0.05) is 210 Å². The first-order chi connectivity index (χ1) is 34.0. The fourth-order valence-electron chi connectivity index (χ4n) is 8.49. The van der Waals surface area contributed by atoms with E-state index in [4.69, 9.17) is 24.3 Å². The Balaban J connectivity index is 2.09. The molecule has 402 valence electrons. The number of likely N-dealkylation sites (tertiary alicyclic amines) is 1. The molecular formula is C53H92N3O11PS2. The lowest BCUT2D eigenvalue weighted by Crippen LogP contribution is -2.46. The quantitative estimate of drug-likeness (QED) is 0.0205. The van der Waals surface area contributed by atoms with Gasteiger partial charge in [-0.05, 0) is 35.8 Å². The van der Waals surface area contributed by atoms with Gasteiger partial charge >= 0.3 is 19.8 Å². The lowest BCUT2D eigenvalue weighted by atomic mass is 10.0. The predicted molar refractivity (Wildman–Crippen MR) is 282 cm³/mol. The molecule has 1 aromatic rings. The number of aromatic nitrogens is 1. The molecule has 0 spiro atoms. The van der Waals surface area contributed by atoms with Crippen LogP contribution in [0.25, 0.3) is 0 Å². The average Bonchev–Trinajstić information content (AvgIpc) is 3.69. The minimum atomic E-state index is -4.75. The predicted octanol–water partition coefficient (Wildman–Crippen LogP) is 13.7. The molecule has 0 aliphatic carbocycles. The molecule has 1 fully saturated rings. The van der Waals surface area contributed by atoms with E-state index in [0.29, 0.717) is 17.9 Å². The van der Waals surface area contributed by atoms with Crippen molar-refractivity contribution in [1.29, 1.82) is 0 Å². The van der Waals surface area contributed by atoms with Crippen molar-refractivity contribution in [2.24, 2.45) is 5.73 Å². The van der Waals surface area contributed by atoms with Crippen molar-refractivity contribution in [3.8, 4) is 0 Å². The number of rotatable bonds is 48. The van der Waals surface area contributed by atoms with Gasteiger partial charge < -0.3 is 20.1 Å². The number of carbonyl (C=O) groups excluding carboxylic acids is 5. The number of hydrogen-bond acceptors (Lipinski definition) is 14. The fraction of sp³-hybridized carbons (Fsp3) is 0.811. The Morgan fingerprint density at radius 2 is 1.09 bits per heavy atom. The van der Waals surface area contributed by atoms with E-state index in [0.717, 1.165) is 67.1 Å². The van der Waals surface area contributed by atoms with Crippen molar-refractivity contribution in [2.75, 3.05) is 19.8 Å². The number of unbranched alkanes of at least 4 members (excludes halogenated alkanes) is 28. The van der Waals surface area contributed by atoms with Crippen LogP contribution in [0.3, 0.4) is 0 Å². The first-order valence-electron chi connectivity index (χ1n) is 27.3. The van der Waals surface area contributed by atoms with Crippen molar-refractivity contribution >= 4 is 58.9 Å². The second-order valence-corrected chi connectivity index (χ2v) is 22.7. The number of pyridine rings is 1. The molecule has 3 N–H and O–H groups in total. The van der Waals surface area contributed by atoms with Crippen molar-refractivity contribution in [3.63, 3.8) is 0 Å². The Hall–Kier alpha value is -2.33. The number of imide groups is 1. The SMILES string of the molecule is CCCCCCCCCCCCCCCCCC(=O)OC(C(=O)CC(SSc1ccccn1)N1C(=O)CCC1=O)[C@H](COP(=O)(O)OCCN)OC(=O)CCCCCCCCCCCCCCCCC. The van der Waals surface area contributed by atoms with E-state index in [1.165, 1.54) is 139 Å². The van der Waals surface area contributed by atoms with Crippen LogP contribution in [0, 0.1) is 0 Å². The lowest BCUT2D eigenvalue weighted by molar-refractivity contribution is -0.175. The zero-order valence-corrected chi connectivity index (χ0v) is 45.7. The summed E-state index contributed by atoms with van der Waals surface area (Å²) in [5.41, 5.74) is 5.48. The summed E-state index contributed by atoms with van der Waals surface area (Å²) in [6.07, 6.45) is 32.3. The van der Waals surface area contributed by atoms with Gasteiger partial charge in [0.25, 0.3) is 0 Å². The number of nitrogens with zero attached hydrogens (tertiary/aromatic N) is 2. The van der Waals surface area contributed by atoms with Crippen LogP contribution in [-0.2, 0) is 47.1 Å². The smallest absolute Gasteiger partial charge is 0.455 e. The van der Waals surface area contributed by atoms with Crippen molar-refractivity contribution < 1.29 is 52.0 Å². The van der Waals surface area contributed by atoms with E-state index in [2.05, 4.69) is 18.8 Å². The van der Waals surface area contributed by atoms with E-state index in [-0.39, 0.29) is 38.8 Å². The number of phosphoric acid groups is 1. The molecule has 0 aromatic carbocycles. The molecule has 2 rings (SSSR count). The highest BCUT2D eigenvalue weighted by Gasteiger charge is 2.42. The second-order valence-electron chi connectivity index (χ2n) is 18.9. The van der Waals surface area contributed by atoms with Crippen LogP contribution in [0.4, 0.5) is 0 Å². The molecule has 14 nitrogen and oxygen atoms in total. The van der Waals surface area contributed by atoms with Gasteiger partial charge in [-0.3, -0.25) is 37.9 Å². The molecule has 2 amide bonds. The largest absolute Gasteiger partial charge is 0.472 e. The third kappa shape index (κ3) is 32.0. The summed E-state index contributed by atoms with van der Waals surface area (Å²) in [5.74, 6) is -3.08. The van der Waals surface area contributed by atoms with Crippen LogP contribution in [0.5, 0.6) is 0 Å². The van der Waals surface area contributed by atoms with Crippen molar-refractivity contribution in [3.05, 3.63) is 24.4 Å². The zero-order valence-electron chi connectivity index (χ0n) is 43.2. The summed E-state index contributed by atoms with van der Waals surface area (Å²) in [4.78, 5) is 83.5. The molecule has 0 radical (unpaired) electrons. The van der Waals surface area contributed by atoms with Crippen LogP contribution in [0.15, 0.2) is 29.4 Å². The Kier molecular flexibility index (Phi) is 38.3. The average molecular weight is 1040 g/mol. The van der Waals surface area contributed by atoms with Crippen molar-refractivity contribution in [2.45, 2.75) is 261 Å². The Morgan fingerprint density at radius 1 is 0.657 bits per heavy atom. The molecule has 3 unspecified atom stereocenters. The van der Waals surface area contributed by atoms with E-state index in [1.807, 2.05) is 0 Å². The van der Waals surface area contributed by atoms with E-state index >= 15 is 0 Å². The molecule has 1 aliphatic heterocycles. The number of hydrogen-bond donors (Lipinski definition) is 2. The van der Waals surface area contributed by atoms with E-state index in [1.54, 1.807) is 24.4 Å². The lowest BCUT2D eigenvalue weighted by Gasteiger charge is -2.29. The number of ether oxygens (including phenoxy) is 2. The highest BCUT2D eigenvalue weighted by Crippen LogP contribution is 2.44. The minimum Gasteiger partial charge on any atom is -0.455 e. The summed E-state index contributed by atoms with van der Waals surface area (Å²) in [6.45, 7) is 3.27. The highest BCUT2D eigenvalue weighted by molar-refractivity contribution is 8.76. The summed E-state index contributed by atoms with van der Waals surface area (Å²) in [7, 11) is -2.50. The number of amides is 2. The number of Topliss-reactive ketones (excluding diaryl/α,β-unsaturated/α-hetero) is 1. The number of nitrogens with two attached hydrogens (primary N) is 1. The third-order valence-corrected chi connectivity index (χ3v) is 16.1. The molecule has 17 heteroatoms. The molecule has 1 aliphatic rings. The molecular weight excluding hydrogens is 950 g/mol. The summed E-state index contributed by atoms with van der Waals surface area (Å²) in [6, 6.07) is 5.28. The van der Waals surface area contributed by atoms with Gasteiger partial charge in [-0.25, -0.2) is 9.55 Å². The number of ketones is 1. The van der Waals surface area contributed by atoms with Crippen LogP contribution < -0.4 is 5.73 Å². The van der Waals surface area contributed by atoms with E-state index in [9.17, 15) is 33.4 Å². The summed E-state index contributed by atoms with van der Waals surface area (Å²) in [5, 5.41) is -0.459. The van der Waals surface area contributed by atoms with Crippen LogP contribution in [0.2, 0.25) is 0 Å². The van der Waals surface area contributed by atoms with Crippen LogP contribution in [0.1, 0.15) is 239 Å². The molecule has 1 saturated heterocycles. The molecule has 0 bridgehead atoms. The van der Waals surface area contributed by atoms with Gasteiger partial charge in [-0.2, -0.15) is 0 Å². The number of carbonyl (C=O) groups is 5. The standard InChI is InChI=1S/C53H92N3O11PS2/c1-3-5-7-9-11-13-15-17-19-21-23-25-27-29-31-36-51(60)66-46(44-65-68(62,63)64-42-40-54)53(67-52(61)37-32-30-28-26-24-22-20-18-16-14-12-10-8-6-4-2)45(57)43-50(56-48(58)38-39-49(56)59)70-69-47-35-33-34-41-55-47/h33-35,41,46,50,53H,3-32,36-40,42-44,54H2,1-2H3,(H,62,63)/t46-,50?,53?/m0/s1. The molecule has 4 atom stereocenters. The Labute approximate surface area is 430 Å². The zero-order chi connectivity index (χ0) is 50.9. The van der Waals surface area contributed by atoms with Gasteiger partial charge in [0.05, 0.1) is 13.2 Å². The topological polar surface area (TPSA) is 202 Å². The molecule has 0 saturated carbocycles. The Bertz CT molecular complexity index is 1580. The van der Waals surface area contributed by atoms with Gasteiger partial charge in [0.1, 0.15) is 10.4 Å². The second kappa shape index (κ2) is 42.1. The van der Waals surface area contributed by atoms with Gasteiger partial charge in [0.15, 0.2) is 18.0 Å². The molecule has 1 aromatic heterocycles.